The van der Waals surface area contributed by atoms with E-state index in [1.165, 1.54) is 17.8 Å². The fourth-order valence-electron chi connectivity index (χ4n) is 2.65. The van der Waals surface area contributed by atoms with Gasteiger partial charge in [0.05, 0.1) is 5.75 Å². The lowest BCUT2D eigenvalue weighted by molar-refractivity contribution is 0.278. The van der Waals surface area contributed by atoms with Gasteiger partial charge in [-0.05, 0) is 24.3 Å². The standard InChI is InChI=1S/C20H18FN5O2S/c1-2-17-22-19(28-25-17)13-29-20-24-23-18(26(20)14-8-4-3-5-9-14)12-27-16-11-7-6-10-15(16)21/h3-11H,2,12-13H2,1H3. The van der Waals surface area contributed by atoms with Crippen LogP contribution in [0.3, 0.4) is 0 Å². The lowest BCUT2D eigenvalue weighted by atomic mass is 10.3. The van der Waals surface area contributed by atoms with Crippen molar-refractivity contribution in [1.29, 1.82) is 0 Å². The Morgan fingerprint density at radius 3 is 2.62 bits per heavy atom. The van der Waals surface area contributed by atoms with Crippen LogP contribution in [0.2, 0.25) is 0 Å². The third kappa shape index (κ3) is 4.45. The van der Waals surface area contributed by atoms with Gasteiger partial charge in [0.15, 0.2) is 28.4 Å². The fraction of sp³-hybridized carbons (Fsp3) is 0.200. The Labute approximate surface area is 170 Å². The number of aryl methyl sites for hydroxylation is 1. The molecule has 0 unspecified atom stereocenters. The molecule has 7 nitrogen and oxygen atoms in total. The average molecular weight is 411 g/mol. The minimum absolute atomic E-state index is 0.0733. The Kier molecular flexibility index (Phi) is 5.85. The Morgan fingerprint density at radius 2 is 1.86 bits per heavy atom. The number of aromatic nitrogens is 5. The normalized spacial score (nSPS) is 11.0. The van der Waals surface area contributed by atoms with Gasteiger partial charge < -0.3 is 9.26 Å². The van der Waals surface area contributed by atoms with Crippen LogP contribution in [0, 0.1) is 5.82 Å². The SMILES string of the molecule is CCc1noc(CSc2nnc(COc3ccccc3F)n2-c2ccccc2)n1. The van der Waals surface area contributed by atoms with Crippen LogP contribution >= 0.6 is 11.8 Å². The molecule has 0 spiro atoms. The van der Waals surface area contributed by atoms with Crippen LogP contribution in [0.25, 0.3) is 5.69 Å². The molecule has 0 saturated carbocycles. The van der Waals surface area contributed by atoms with E-state index in [4.69, 9.17) is 9.26 Å². The Morgan fingerprint density at radius 1 is 1.07 bits per heavy atom. The molecule has 0 bridgehead atoms. The summed E-state index contributed by atoms with van der Waals surface area (Å²) in [5.74, 6) is 1.97. The second-order valence-electron chi connectivity index (χ2n) is 6.04. The molecule has 4 aromatic rings. The van der Waals surface area contributed by atoms with Gasteiger partial charge in [0, 0.05) is 12.1 Å². The van der Waals surface area contributed by atoms with Crippen molar-refractivity contribution < 1.29 is 13.7 Å². The zero-order valence-corrected chi connectivity index (χ0v) is 16.5. The number of nitrogens with zero attached hydrogens (tertiary/aromatic N) is 5. The Balaban J connectivity index is 1.57. The van der Waals surface area contributed by atoms with Crippen molar-refractivity contribution in [1.82, 2.24) is 24.9 Å². The Bertz CT molecular complexity index is 1080. The van der Waals surface area contributed by atoms with Gasteiger partial charge in [-0.1, -0.05) is 54.2 Å². The first kappa shape index (κ1) is 19.1. The number of para-hydroxylation sites is 2. The molecule has 4 rings (SSSR count). The molecule has 2 aromatic heterocycles. The highest BCUT2D eigenvalue weighted by molar-refractivity contribution is 7.98. The second-order valence-corrected chi connectivity index (χ2v) is 6.98. The van der Waals surface area contributed by atoms with Crippen LogP contribution in [0.15, 0.2) is 64.3 Å². The highest BCUT2D eigenvalue weighted by Crippen LogP contribution is 2.26. The molecule has 148 valence electrons. The minimum Gasteiger partial charge on any atom is -0.483 e. The lowest BCUT2D eigenvalue weighted by Crippen LogP contribution is -2.07. The molecular formula is C20H18FN5O2S. The van der Waals surface area contributed by atoms with E-state index >= 15 is 0 Å². The molecule has 0 saturated heterocycles. The van der Waals surface area contributed by atoms with E-state index in [-0.39, 0.29) is 12.4 Å². The van der Waals surface area contributed by atoms with E-state index in [2.05, 4.69) is 20.3 Å². The van der Waals surface area contributed by atoms with Crippen molar-refractivity contribution in [3.8, 4) is 11.4 Å². The highest BCUT2D eigenvalue weighted by atomic mass is 32.2. The number of thioether (sulfide) groups is 1. The van der Waals surface area contributed by atoms with Crippen molar-refractivity contribution in [3.63, 3.8) is 0 Å². The quantitative estimate of drug-likeness (QED) is 0.402. The highest BCUT2D eigenvalue weighted by Gasteiger charge is 2.17. The van der Waals surface area contributed by atoms with E-state index in [0.29, 0.717) is 34.9 Å². The van der Waals surface area contributed by atoms with Gasteiger partial charge in [0.2, 0.25) is 5.89 Å². The molecule has 0 atom stereocenters. The van der Waals surface area contributed by atoms with Gasteiger partial charge in [-0.3, -0.25) is 4.57 Å². The summed E-state index contributed by atoms with van der Waals surface area (Å²) >= 11 is 1.43. The van der Waals surface area contributed by atoms with Crippen LogP contribution in [-0.4, -0.2) is 24.9 Å². The van der Waals surface area contributed by atoms with Crippen LogP contribution in [0.4, 0.5) is 4.39 Å². The van der Waals surface area contributed by atoms with E-state index in [1.54, 1.807) is 18.2 Å². The number of halogens is 1. The van der Waals surface area contributed by atoms with Crippen molar-refractivity contribution in [3.05, 3.63) is 78.0 Å². The third-order valence-corrected chi connectivity index (χ3v) is 4.97. The van der Waals surface area contributed by atoms with Gasteiger partial charge >= 0.3 is 0 Å². The number of ether oxygens (including phenoxy) is 1. The van der Waals surface area contributed by atoms with Crippen molar-refractivity contribution in [2.75, 3.05) is 0 Å². The third-order valence-electron chi connectivity index (χ3n) is 4.06. The molecule has 2 aromatic carbocycles. The van der Waals surface area contributed by atoms with Gasteiger partial charge in [0.1, 0.15) is 6.61 Å². The molecule has 0 radical (unpaired) electrons. The number of benzene rings is 2. The summed E-state index contributed by atoms with van der Waals surface area (Å²) in [5, 5.41) is 13.1. The molecule has 2 heterocycles. The summed E-state index contributed by atoms with van der Waals surface area (Å²) in [6, 6.07) is 15.9. The maximum atomic E-state index is 13.9. The van der Waals surface area contributed by atoms with E-state index in [1.807, 2.05) is 41.8 Å². The molecule has 0 N–H and O–H groups in total. The van der Waals surface area contributed by atoms with Gasteiger partial charge in [-0.25, -0.2) is 4.39 Å². The van der Waals surface area contributed by atoms with Crippen LogP contribution in [0.1, 0.15) is 24.5 Å². The average Bonchev–Trinajstić information content (AvgIpc) is 3.39. The van der Waals surface area contributed by atoms with Crippen molar-refractivity contribution >= 4 is 11.8 Å². The van der Waals surface area contributed by atoms with Crippen LogP contribution < -0.4 is 4.74 Å². The molecular weight excluding hydrogens is 393 g/mol. The van der Waals surface area contributed by atoms with E-state index < -0.39 is 5.82 Å². The summed E-state index contributed by atoms with van der Waals surface area (Å²) in [6.45, 7) is 2.04. The predicted molar refractivity (Wildman–Crippen MR) is 105 cm³/mol. The zero-order valence-electron chi connectivity index (χ0n) is 15.7. The summed E-state index contributed by atoms with van der Waals surface area (Å²) in [4.78, 5) is 4.32. The fourth-order valence-corrected chi connectivity index (χ4v) is 3.45. The molecule has 9 heteroatoms. The molecule has 0 aliphatic heterocycles. The maximum Gasteiger partial charge on any atom is 0.237 e. The summed E-state index contributed by atoms with van der Waals surface area (Å²) in [5.41, 5.74) is 0.881. The van der Waals surface area contributed by atoms with Crippen molar-refractivity contribution in [2.24, 2.45) is 0 Å². The first-order valence-electron chi connectivity index (χ1n) is 9.06. The smallest absolute Gasteiger partial charge is 0.237 e. The summed E-state index contributed by atoms with van der Waals surface area (Å²) in [6.07, 6.45) is 0.714. The number of rotatable bonds is 8. The van der Waals surface area contributed by atoms with Gasteiger partial charge in [-0.2, -0.15) is 4.98 Å². The summed E-state index contributed by atoms with van der Waals surface area (Å²) in [7, 11) is 0. The van der Waals surface area contributed by atoms with Gasteiger partial charge in [0.25, 0.3) is 0 Å². The largest absolute Gasteiger partial charge is 0.483 e. The second kappa shape index (κ2) is 8.87. The number of hydrogen-bond donors (Lipinski definition) is 0. The first-order valence-corrected chi connectivity index (χ1v) is 10.0. The first-order chi connectivity index (χ1) is 14.2. The van der Waals surface area contributed by atoms with Crippen molar-refractivity contribution in [2.45, 2.75) is 30.9 Å². The summed E-state index contributed by atoms with van der Waals surface area (Å²) < 4.78 is 26.6. The Hall–Kier alpha value is -3.20. The van der Waals surface area contributed by atoms with E-state index in [9.17, 15) is 4.39 Å². The number of hydrogen-bond acceptors (Lipinski definition) is 7. The minimum atomic E-state index is -0.420. The molecule has 0 fully saturated rings. The molecule has 0 aliphatic carbocycles. The van der Waals surface area contributed by atoms with Gasteiger partial charge in [-0.15, -0.1) is 10.2 Å². The van der Waals surface area contributed by atoms with E-state index in [0.717, 1.165) is 5.69 Å². The topological polar surface area (TPSA) is 78.9 Å². The molecule has 29 heavy (non-hydrogen) atoms. The maximum absolute atomic E-state index is 13.9. The monoisotopic (exact) mass is 411 g/mol. The lowest BCUT2D eigenvalue weighted by Gasteiger charge is -2.11. The molecule has 0 amide bonds. The predicted octanol–water partition coefficient (Wildman–Crippen LogP) is 4.22. The molecule has 0 aliphatic rings. The van der Waals surface area contributed by atoms with Crippen LogP contribution in [0.5, 0.6) is 5.75 Å². The van der Waals surface area contributed by atoms with Crippen LogP contribution in [-0.2, 0) is 18.8 Å². The zero-order chi connectivity index (χ0) is 20.1.